The minimum atomic E-state index is -3.30. The first kappa shape index (κ1) is 12.6. The largest absolute Gasteiger partial charge is 0.381 e. The fourth-order valence-corrected chi connectivity index (χ4v) is 2.82. The Morgan fingerprint density at radius 1 is 1.47 bits per heavy atom. The van der Waals surface area contributed by atoms with Gasteiger partial charge in [-0.15, -0.1) is 0 Å². The lowest BCUT2D eigenvalue weighted by molar-refractivity contribution is -0.120. The summed E-state index contributed by atoms with van der Waals surface area (Å²) < 4.78 is 29.7. The smallest absolute Gasteiger partial charge is 0.216 e. The molecule has 0 spiro atoms. The Morgan fingerprint density at radius 2 is 2.20 bits per heavy atom. The maximum absolute atomic E-state index is 11.7. The molecule has 1 fully saturated rings. The van der Waals surface area contributed by atoms with Crippen LogP contribution in [0, 0.1) is 0 Å². The van der Waals surface area contributed by atoms with Crippen molar-refractivity contribution in [2.45, 2.75) is 19.8 Å². The molecule has 6 heteroatoms. The maximum atomic E-state index is 11.7. The highest BCUT2D eigenvalue weighted by molar-refractivity contribution is 7.89. The van der Waals surface area contributed by atoms with E-state index in [-0.39, 0.29) is 24.7 Å². The number of nitrogens with zero attached hydrogens (tertiary/aromatic N) is 1. The molecule has 1 aliphatic heterocycles. The summed E-state index contributed by atoms with van der Waals surface area (Å²) in [7, 11) is -3.30. The summed E-state index contributed by atoms with van der Waals surface area (Å²) in [5, 5.41) is 0. The van der Waals surface area contributed by atoms with Crippen molar-refractivity contribution < 1.29 is 17.9 Å². The van der Waals surface area contributed by atoms with Crippen molar-refractivity contribution >= 4 is 15.8 Å². The molecule has 0 bridgehead atoms. The van der Waals surface area contributed by atoms with Crippen LogP contribution >= 0.6 is 0 Å². The van der Waals surface area contributed by atoms with Gasteiger partial charge in [-0.05, 0) is 13.3 Å². The first-order valence-electron chi connectivity index (χ1n) is 5.13. The lowest BCUT2D eigenvalue weighted by atomic mass is 10.1. The number of ether oxygens (including phenoxy) is 1. The molecule has 1 heterocycles. The van der Waals surface area contributed by atoms with Crippen LogP contribution in [0.25, 0.3) is 0 Å². The highest BCUT2D eigenvalue weighted by atomic mass is 32.2. The minimum Gasteiger partial charge on any atom is -0.381 e. The van der Waals surface area contributed by atoms with Crippen molar-refractivity contribution in [1.82, 2.24) is 4.31 Å². The third-order valence-electron chi connectivity index (χ3n) is 2.30. The van der Waals surface area contributed by atoms with Crippen LogP contribution in [0.5, 0.6) is 0 Å². The number of piperidine rings is 1. The molecular formula is C9H17NO4S. The van der Waals surface area contributed by atoms with E-state index in [9.17, 15) is 13.2 Å². The first-order valence-corrected chi connectivity index (χ1v) is 6.74. The lowest BCUT2D eigenvalue weighted by Crippen LogP contribution is -2.41. The number of hydrogen-bond acceptors (Lipinski definition) is 4. The number of carbonyl (C=O) groups excluding carboxylic acids is 1. The molecule has 15 heavy (non-hydrogen) atoms. The molecule has 0 aromatic rings. The van der Waals surface area contributed by atoms with Gasteiger partial charge in [-0.25, -0.2) is 8.42 Å². The van der Waals surface area contributed by atoms with Gasteiger partial charge < -0.3 is 4.74 Å². The van der Waals surface area contributed by atoms with E-state index in [0.29, 0.717) is 26.0 Å². The van der Waals surface area contributed by atoms with Gasteiger partial charge in [0.1, 0.15) is 5.78 Å². The van der Waals surface area contributed by atoms with E-state index in [2.05, 4.69) is 0 Å². The topological polar surface area (TPSA) is 63.7 Å². The monoisotopic (exact) mass is 235 g/mol. The van der Waals surface area contributed by atoms with Crippen LogP contribution in [0.3, 0.4) is 0 Å². The minimum absolute atomic E-state index is 0.00114. The SMILES string of the molecule is CCOCCS(=O)(=O)N1CCCC(=O)C1. The van der Waals surface area contributed by atoms with E-state index in [4.69, 9.17) is 4.74 Å². The quantitative estimate of drug-likeness (QED) is 0.630. The van der Waals surface area contributed by atoms with Gasteiger partial charge in [0, 0.05) is 19.6 Å². The van der Waals surface area contributed by atoms with E-state index in [1.165, 1.54) is 4.31 Å². The number of sulfonamides is 1. The van der Waals surface area contributed by atoms with Crippen molar-refractivity contribution in [3.8, 4) is 0 Å². The molecule has 0 aromatic heterocycles. The number of carbonyl (C=O) groups is 1. The summed E-state index contributed by atoms with van der Waals surface area (Å²) in [6, 6.07) is 0. The number of ketones is 1. The fraction of sp³-hybridized carbons (Fsp3) is 0.889. The molecule has 1 saturated heterocycles. The first-order chi connectivity index (χ1) is 7.06. The van der Waals surface area contributed by atoms with Crippen molar-refractivity contribution in [3.63, 3.8) is 0 Å². The standard InChI is InChI=1S/C9H17NO4S/c1-2-14-6-7-15(12,13)10-5-3-4-9(11)8-10/h2-8H2,1H3. The lowest BCUT2D eigenvalue weighted by Gasteiger charge is -2.24. The second-order valence-corrected chi connectivity index (χ2v) is 5.58. The van der Waals surface area contributed by atoms with Gasteiger partial charge in [-0.3, -0.25) is 4.79 Å². The Labute approximate surface area is 90.4 Å². The third-order valence-corrected chi connectivity index (χ3v) is 4.08. The summed E-state index contributed by atoms with van der Waals surface area (Å²) in [5.74, 6) is -0.0325. The molecule has 0 radical (unpaired) electrons. The maximum Gasteiger partial charge on any atom is 0.216 e. The summed E-state index contributed by atoms with van der Waals surface area (Å²) in [5.41, 5.74) is 0. The fourth-order valence-electron chi connectivity index (χ4n) is 1.48. The average Bonchev–Trinajstić information content (AvgIpc) is 2.18. The molecule has 0 unspecified atom stereocenters. The zero-order valence-corrected chi connectivity index (χ0v) is 9.75. The van der Waals surface area contributed by atoms with Crippen molar-refractivity contribution in [2.24, 2.45) is 0 Å². The molecule has 0 N–H and O–H groups in total. The van der Waals surface area contributed by atoms with Crippen LogP contribution in [0.4, 0.5) is 0 Å². The number of Topliss-reactive ketones (excluding diaryl/α,β-unsaturated/α-hetero) is 1. The van der Waals surface area contributed by atoms with Crippen LogP contribution < -0.4 is 0 Å². The van der Waals surface area contributed by atoms with E-state index in [1.807, 2.05) is 6.92 Å². The van der Waals surface area contributed by atoms with E-state index < -0.39 is 10.0 Å². The highest BCUT2D eigenvalue weighted by Gasteiger charge is 2.27. The Morgan fingerprint density at radius 3 is 2.80 bits per heavy atom. The summed E-state index contributed by atoms with van der Waals surface area (Å²) in [6.07, 6.45) is 1.13. The summed E-state index contributed by atoms with van der Waals surface area (Å²) in [6.45, 7) is 3.02. The molecule has 0 aliphatic carbocycles. The van der Waals surface area contributed by atoms with E-state index in [1.54, 1.807) is 0 Å². The zero-order chi connectivity index (χ0) is 11.3. The molecule has 1 aliphatic rings. The molecule has 0 saturated carbocycles. The second kappa shape index (κ2) is 5.58. The number of hydrogen-bond donors (Lipinski definition) is 0. The highest BCUT2D eigenvalue weighted by Crippen LogP contribution is 2.11. The van der Waals surface area contributed by atoms with Gasteiger partial charge in [0.2, 0.25) is 10.0 Å². The molecule has 5 nitrogen and oxygen atoms in total. The molecule has 0 amide bonds. The van der Waals surface area contributed by atoms with Crippen molar-refractivity contribution in [2.75, 3.05) is 32.1 Å². The Bertz CT molecular complexity index is 312. The summed E-state index contributed by atoms with van der Waals surface area (Å²) >= 11 is 0. The van der Waals surface area contributed by atoms with Gasteiger partial charge in [0.15, 0.2) is 0 Å². The van der Waals surface area contributed by atoms with Gasteiger partial charge in [0.25, 0.3) is 0 Å². The Hall–Kier alpha value is -0.460. The van der Waals surface area contributed by atoms with Gasteiger partial charge in [-0.2, -0.15) is 4.31 Å². The average molecular weight is 235 g/mol. The normalized spacial score (nSPS) is 19.4. The molecule has 0 atom stereocenters. The predicted molar refractivity (Wildman–Crippen MR) is 56.1 cm³/mol. The molecule has 0 aromatic carbocycles. The van der Waals surface area contributed by atoms with Crippen LogP contribution in [0.1, 0.15) is 19.8 Å². The second-order valence-electron chi connectivity index (χ2n) is 3.49. The van der Waals surface area contributed by atoms with Gasteiger partial charge in [0.05, 0.1) is 18.9 Å². The third kappa shape index (κ3) is 3.89. The van der Waals surface area contributed by atoms with Crippen molar-refractivity contribution in [3.05, 3.63) is 0 Å². The van der Waals surface area contributed by atoms with Crippen molar-refractivity contribution in [1.29, 1.82) is 0 Å². The predicted octanol–water partition coefficient (Wildman–Crippen LogP) is 0.0176. The summed E-state index contributed by atoms with van der Waals surface area (Å²) in [4.78, 5) is 11.1. The molecule has 1 rings (SSSR count). The number of rotatable bonds is 5. The Balaban J connectivity index is 2.49. The molecular weight excluding hydrogens is 218 g/mol. The van der Waals surface area contributed by atoms with Gasteiger partial charge in [-0.1, -0.05) is 0 Å². The van der Waals surface area contributed by atoms with E-state index in [0.717, 1.165) is 0 Å². The van der Waals surface area contributed by atoms with Gasteiger partial charge >= 0.3 is 0 Å². The van der Waals surface area contributed by atoms with Crippen LogP contribution in [-0.4, -0.2) is 50.6 Å². The Kier molecular flexibility index (Phi) is 4.69. The van der Waals surface area contributed by atoms with E-state index >= 15 is 0 Å². The molecule has 88 valence electrons. The zero-order valence-electron chi connectivity index (χ0n) is 8.94. The van der Waals surface area contributed by atoms with Crippen LogP contribution in [-0.2, 0) is 19.6 Å². The van der Waals surface area contributed by atoms with Crippen LogP contribution in [0.2, 0.25) is 0 Å². The van der Waals surface area contributed by atoms with Crippen LogP contribution in [0.15, 0.2) is 0 Å².